The Morgan fingerprint density at radius 2 is 2.27 bits per heavy atom. The number of imidazole rings is 1. The number of halogens is 3. The van der Waals surface area contributed by atoms with Crippen molar-refractivity contribution in [3.63, 3.8) is 0 Å². The second kappa shape index (κ2) is 7.36. The van der Waals surface area contributed by atoms with Gasteiger partial charge in [-0.3, -0.25) is 4.21 Å². The zero-order valence-electron chi connectivity index (χ0n) is 14.1. The van der Waals surface area contributed by atoms with Crippen LogP contribution in [0.4, 0.5) is 19.0 Å². The molecule has 0 aliphatic carbocycles. The average molecular weight is 402 g/mol. The Kier molecular flexibility index (Phi) is 5.33. The Bertz CT molecular complexity index is 882. The van der Waals surface area contributed by atoms with E-state index in [2.05, 4.69) is 15.3 Å². The number of hydrogen-bond donors (Lipinski definition) is 1. The van der Waals surface area contributed by atoms with Crippen molar-refractivity contribution in [1.29, 1.82) is 0 Å². The molecule has 3 rings (SSSR count). The van der Waals surface area contributed by atoms with E-state index in [9.17, 15) is 17.4 Å². The van der Waals surface area contributed by atoms with Gasteiger partial charge in [-0.1, -0.05) is 6.92 Å². The zero-order valence-corrected chi connectivity index (χ0v) is 15.8. The highest BCUT2D eigenvalue weighted by molar-refractivity contribution is 7.85. The Morgan fingerprint density at radius 3 is 2.88 bits per heavy atom. The number of alkyl halides is 3. The van der Waals surface area contributed by atoms with E-state index in [4.69, 9.17) is 0 Å². The van der Waals surface area contributed by atoms with Crippen LogP contribution in [0.25, 0.3) is 17.7 Å². The Hall–Kier alpha value is -1.94. The van der Waals surface area contributed by atoms with Crippen LogP contribution in [0.1, 0.15) is 23.4 Å². The maximum absolute atomic E-state index is 13.0. The lowest BCUT2D eigenvalue weighted by Crippen LogP contribution is -2.23. The number of aromatic nitrogens is 3. The van der Waals surface area contributed by atoms with E-state index in [-0.39, 0.29) is 18.0 Å². The Morgan fingerprint density at radius 1 is 1.50 bits per heavy atom. The third kappa shape index (κ3) is 3.90. The quantitative estimate of drug-likeness (QED) is 0.831. The summed E-state index contributed by atoms with van der Waals surface area (Å²) in [5.74, 6) is 1.74. The van der Waals surface area contributed by atoms with E-state index in [1.807, 2.05) is 12.3 Å². The van der Waals surface area contributed by atoms with Crippen LogP contribution in [0.2, 0.25) is 0 Å². The van der Waals surface area contributed by atoms with Crippen molar-refractivity contribution in [3.8, 4) is 0 Å². The number of anilines is 1. The summed E-state index contributed by atoms with van der Waals surface area (Å²) in [5.41, 5.74) is 0.242. The van der Waals surface area contributed by atoms with Gasteiger partial charge in [-0.25, -0.2) is 9.97 Å². The number of thiazole rings is 1. The predicted molar refractivity (Wildman–Crippen MR) is 99.3 cm³/mol. The molecule has 0 saturated heterocycles. The lowest BCUT2D eigenvalue weighted by molar-refractivity contribution is -0.0909. The van der Waals surface area contributed by atoms with Crippen molar-refractivity contribution < 1.29 is 17.4 Å². The first-order valence-electron chi connectivity index (χ1n) is 7.83. The summed E-state index contributed by atoms with van der Waals surface area (Å²) in [6, 6.07) is 0. The third-order valence-corrected chi connectivity index (χ3v) is 5.92. The van der Waals surface area contributed by atoms with Gasteiger partial charge in [0, 0.05) is 47.3 Å². The monoisotopic (exact) mass is 402 g/mol. The first-order valence-corrected chi connectivity index (χ1v) is 10.2. The molecule has 10 heteroatoms. The van der Waals surface area contributed by atoms with Gasteiger partial charge < -0.3 is 9.88 Å². The highest BCUT2D eigenvalue weighted by atomic mass is 32.2. The van der Waals surface area contributed by atoms with Crippen molar-refractivity contribution in [2.45, 2.75) is 13.1 Å². The summed E-state index contributed by atoms with van der Waals surface area (Å²) < 4.78 is 52.7. The Labute approximate surface area is 155 Å². The largest absolute Gasteiger partial charge is 0.414 e. The second-order valence-corrected chi connectivity index (χ2v) is 8.33. The van der Waals surface area contributed by atoms with Crippen LogP contribution < -0.4 is 5.32 Å². The van der Waals surface area contributed by atoms with Crippen molar-refractivity contribution in [2.24, 2.45) is 7.05 Å². The van der Waals surface area contributed by atoms with E-state index < -0.39 is 22.5 Å². The number of nitrogens with zero attached hydrogens (tertiary/aromatic N) is 3. The molecule has 2 aromatic heterocycles. The van der Waals surface area contributed by atoms with Crippen LogP contribution in [0.3, 0.4) is 0 Å². The molecular formula is C16H17F3N4OS2. The molecule has 0 aromatic carbocycles. The van der Waals surface area contributed by atoms with Crippen LogP contribution in [0.15, 0.2) is 17.2 Å². The van der Waals surface area contributed by atoms with Gasteiger partial charge in [0.2, 0.25) is 0 Å². The lowest BCUT2D eigenvalue weighted by atomic mass is 10.1. The maximum atomic E-state index is 13.0. The first-order chi connectivity index (χ1) is 12.3. The summed E-state index contributed by atoms with van der Waals surface area (Å²) in [5, 5.41) is 5.34. The van der Waals surface area contributed by atoms with Crippen molar-refractivity contribution >= 4 is 45.7 Å². The zero-order chi connectivity index (χ0) is 18.9. The SMILES string of the molecule is CCS(=O)C/C(=C\c1nccs1)c1nc2c(n1C)NCC(C(F)(F)F)=C2. The van der Waals surface area contributed by atoms with Crippen molar-refractivity contribution in [1.82, 2.24) is 14.5 Å². The minimum absolute atomic E-state index is 0.230. The molecule has 0 saturated carbocycles. The summed E-state index contributed by atoms with van der Waals surface area (Å²) in [4.78, 5) is 8.58. The minimum Gasteiger partial charge on any atom is -0.366 e. The van der Waals surface area contributed by atoms with Crippen LogP contribution in [-0.4, -0.2) is 43.0 Å². The van der Waals surface area contributed by atoms with Gasteiger partial charge in [0.15, 0.2) is 0 Å². The van der Waals surface area contributed by atoms with Gasteiger partial charge >= 0.3 is 6.18 Å². The van der Waals surface area contributed by atoms with E-state index in [1.165, 1.54) is 11.3 Å². The van der Waals surface area contributed by atoms with Gasteiger partial charge in [0.25, 0.3) is 0 Å². The van der Waals surface area contributed by atoms with Crippen molar-refractivity contribution in [3.05, 3.63) is 33.7 Å². The van der Waals surface area contributed by atoms with Crippen LogP contribution in [0, 0.1) is 0 Å². The second-order valence-electron chi connectivity index (χ2n) is 5.66. The molecule has 3 heterocycles. The summed E-state index contributed by atoms with van der Waals surface area (Å²) >= 11 is 1.43. The fourth-order valence-electron chi connectivity index (χ4n) is 2.59. The molecule has 1 aliphatic heterocycles. The highest BCUT2D eigenvalue weighted by Crippen LogP contribution is 2.34. The fourth-order valence-corrected chi connectivity index (χ4v) is 3.95. The molecule has 140 valence electrons. The van der Waals surface area contributed by atoms with Crippen LogP contribution >= 0.6 is 11.3 Å². The van der Waals surface area contributed by atoms with E-state index >= 15 is 0 Å². The number of fused-ring (bicyclic) bond motifs is 1. The van der Waals surface area contributed by atoms with E-state index in [1.54, 1.807) is 23.9 Å². The number of nitrogens with one attached hydrogen (secondary N) is 1. The Balaban J connectivity index is 2.05. The average Bonchev–Trinajstić information content (AvgIpc) is 3.21. The molecule has 26 heavy (non-hydrogen) atoms. The smallest absolute Gasteiger partial charge is 0.366 e. The fraction of sp³-hybridized carbons (Fsp3) is 0.375. The molecule has 5 nitrogen and oxygen atoms in total. The highest BCUT2D eigenvalue weighted by Gasteiger charge is 2.36. The molecule has 0 spiro atoms. The maximum Gasteiger partial charge on any atom is 0.414 e. The van der Waals surface area contributed by atoms with E-state index in [0.717, 1.165) is 11.1 Å². The van der Waals surface area contributed by atoms with E-state index in [0.29, 0.717) is 23.0 Å². The third-order valence-electron chi connectivity index (χ3n) is 3.92. The standard InChI is InChI=1S/C16H17F3N4OS2/c1-3-26(24)9-10(6-13-20-4-5-25-13)14-22-12-7-11(16(17,18)19)8-21-15(12)23(14)2/h4-7,21H,3,8-9H2,1-2H3/b10-6+. The number of rotatable bonds is 5. The van der Waals surface area contributed by atoms with Gasteiger partial charge in [0.1, 0.15) is 22.3 Å². The molecule has 0 radical (unpaired) electrons. The molecule has 0 bridgehead atoms. The summed E-state index contributed by atoms with van der Waals surface area (Å²) in [6.45, 7) is 1.52. The van der Waals surface area contributed by atoms with Gasteiger partial charge in [0.05, 0.1) is 11.3 Å². The summed E-state index contributed by atoms with van der Waals surface area (Å²) in [7, 11) is 0.633. The summed E-state index contributed by atoms with van der Waals surface area (Å²) in [6.07, 6.45) is 0.118. The lowest BCUT2D eigenvalue weighted by Gasteiger charge is -2.18. The molecule has 1 atom stereocenters. The molecule has 1 aliphatic rings. The molecular weight excluding hydrogens is 385 g/mol. The minimum atomic E-state index is -4.40. The topological polar surface area (TPSA) is 59.8 Å². The molecule has 1 N–H and O–H groups in total. The van der Waals surface area contributed by atoms with Crippen LogP contribution in [-0.2, 0) is 17.8 Å². The molecule has 1 unspecified atom stereocenters. The van der Waals surface area contributed by atoms with Crippen molar-refractivity contribution in [2.75, 3.05) is 23.4 Å². The normalized spacial score (nSPS) is 16.0. The first kappa shape index (κ1) is 18.8. The number of hydrogen-bond acceptors (Lipinski definition) is 5. The van der Waals surface area contributed by atoms with Gasteiger partial charge in [-0.15, -0.1) is 11.3 Å². The van der Waals surface area contributed by atoms with Gasteiger partial charge in [-0.05, 0) is 12.2 Å². The predicted octanol–water partition coefficient (Wildman–Crippen LogP) is 3.56. The van der Waals surface area contributed by atoms with Crippen LogP contribution in [0.5, 0.6) is 0 Å². The molecule has 2 aromatic rings. The molecule has 0 fully saturated rings. The van der Waals surface area contributed by atoms with Gasteiger partial charge in [-0.2, -0.15) is 13.2 Å². The molecule has 0 amide bonds.